The van der Waals surface area contributed by atoms with Crippen molar-refractivity contribution in [1.82, 2.24) is 10.6 Å². The van der Waals surface area contributed by atoms with E-state index < -0.39 is 0 Å². The average Bonchev–Trinajstić information content (AvgIpc) is 2.28. The van der Waals surface area contributed by atoms with Crippen molar-refractivity contribution in [3.05, 3.63) is 0 Å². The van der Waals surface area contributed by atoms with E-state index >= 15 is 0 Å². The van der Waals surface area contributed by atoms with Crippen molar-refractivity contribution >= 4 is 11.8 Å². The third-order valence-electron chi connectivity index (χ3n) is 2.41. The van der Waals surface area contributed by atoms with Gasteiger partial charge in [-0.05, 0) is 12.8 Å². The van der Waals surface area contributed by atoms with Crippen LogP contribution in [0.4, 0.5) is 0 Å². The summed E-state index contributed by atoms with van der Waals surface area (Å²) in [5, 5.41) is 5.25. The van der Waals surface area contributed by atoms with Gasteiger partial charge in [-0.15, -0.1) is 0 Å². The molecule has 5 heteroatoms. The third kappa shape index (κ3) is 6.40. The van der Waals surface area contributed by atoms with Crippen LogP contribution in [-0.2, 0) is 14.3 Å². The summed E-state index contributed by atoms with van der Waals surface area (Å²) in [6.45, 7) is 4.92. The fraction of sp³-hybridized carbons (Fsp3) is 0.818. The molecule has 0 fully saturated rings. The van der Waals surface area contributed by atoms with E-state index in [-0.39, 0.29) is 24.3 Å². The lowest BCUT2D eigenvalue weighted by Gasteiger charge is -2.12. The largest absolute Gasteiger partial charge is 0.383 e. The smallest absolute Gasteiger partial charge is 0.239 e. The zero-order valence-corrected chi connectivity index (χ0v) is 10.3. The van der Waals surface area contributed by atoms with E-state index in [1.165, 1.54) is 0 Å². The topological polar surface area (TPSA) is 67.4 Å². The van der Waals surface area contributed by atoms with E-state index in [0.717, 1.165) is 12.8 Å². The van der Waals surface area contributed by atoms with Crippen molar-refractivity contribution in [2.45, 2.75) is 26.7 Å². The molecule has 0 atom stereocenters. The Labute approximate surface area is 96.9 Å². The summed E-state index contributed by atoms with van der Waals surface area (Å²) in [6, 6.07) is 0. The maximum Gasteiger partial charge on any atom is 0.239 e. The van der Waals surface area contributed by atoms with Crippen LogP contribution in [0.1, 0.15) is 26.7 Å². The van der Waals surface area contributed by atoms with Crippen LogP contribution >= 0.6 is 0 Å². The van der Waals surface area contributed by atoms with Crippen LogP contribution in [0, 0.1) is 5.92 Å². The molecule has 0 unspecified atom stereocenters. The quantitative estimate of drug-likeness (QED) is 0.589. The molecule has 0 aliphatic rings. The molecule has 16 heavy (non-hydrogen) atoms. The van der Waals surface area contributed by atoms with Crippen molar-refractivity contribution in [2.75, 3.05) is 26.8 Å². The Morgan fingerprint density at radius 3 is 2.31 bits per heavy atom. The van der Waals surface area contributed by atoms with Crippen molar-refractivity contribution in [1.29, 1.82) is 0 Å². The van der Waals surface area contributed by atoms with Crippen LogP contribution in [0.25, 0.3) is 0 Å². The number of methoxy groups -OCH3 is 1. The van der Waals surface area contributed by atoms with Gasteiger partial charge in [0.15, 0.2) is 0 Å². The fourth-order valence-corrected chi connectivity index (χ4v) is 1.33. The molecule has 2 amide bonds. The van der Waals surface area contributed by atoms with Crippen LogP contribution in [0.2, 0.25) is 0 Å². The maximum atomic E-state index is 11.5. The molecule has 0 rings (SSSR count). The minimum Gasteiger partial charge on any atom is -0.383 e. The first-order chi connectivity index (χ1) is 7.65. The van der Waals surface area contributed by atoms with Gasteiger partial charge in [-0.25, -0.2) is 0 Å². The molecule has 0 saturated carbocycles. The zero-order chi connectivity index (χ0) is 12.4. The van der Waals surface area contributed by atoms with E-state index in [2.05, 4.69) is 10.6 Å². The minimum absolute atomic E-state index is 0.00627. The van der Waals surface area contributed by atoms with Gasteiger partial charge < -0.3 is 15.4 Å². The normalized spacial score (nSPS) is 10.2. The predicted molar refractivity (Wildman–Crippen MR) is 62.0 cm³/mol. The number of rotatable bonds is 8. The number of ether oxygens (including phenoxy) is 1. The highest BCUT2D eigenvalue weighted by atomic mass is 16.5. The van der Waals surface area contributed by atoms with Crippen molar-refractivity contribution in [2.24, 2.45) is 5.92 Å². The Balaban J connectivity index is 3.70. The Kier molecular flexibility index (Phi) is 8.52. The van der Waals surface area contributed by atoms with Gasteiger partial charge in [-0.2, -0.15) is 0 Å². The summed E-state index contributed by atoms with van der Waals surface area (Å²) in [4.78, 5) is 22.8. The summed E-state index contributed by atoms with van der Waals surface area (Å²) < 4.78 is 4.79. The molecule has 0 aliphatic carbocycles. The highest BCUT2D eigenvalue weighted by Crippen LogP contribution is 2.06. The molecule has 0 bridgehead atoms. The van der Waals surface area contributed by atoms with E-state index in [0.29, 0.717) is 13.2 Å². The molecule has 0 radical (unpaired) electrons. The summed E-state index contributed by atoms with van der Waals surface area (Å²) in [6.07, 6.45) is 1.60. The molecule has 0 aromatic rings. The Bertz CT molecular complexity index is 215. The highest BCUT2D eigenvalue weighted by Gasteiger charge is 2.14. The average molecular weight is 230 g/mol. The van der Waals surface area contributed by atoms with E-state index in [9.17, 15) is 9.59 Å². The van der Waals surface area contributed by atoms with Gasteiger partial charge in [0.2, 0.25) is 11.8 Å². The van der Waals surface area contributed by atoms with Gasteiger partial charge in [-0.3, -0.25) is 9.59 Å². The number of carbonyl (C=O) groups excluding carboxylic acids is 2. The zero-order valence-electron chi connectivity index (χ0n) is 10.3. The number of nitrogens with one attached hydrogen (secondary N) is 2. The molecule has 0 heterocycles. The van der Waals surface area contributed by atoms with Crippen LogP contribution in [0.3, 0.4) is 0 Å². The third-order valence-corrected chi connectivity index (χ3v) is 2.41. The van der Waals surface area contributed by atoms with Gasteiger partial charge >= 0.3 is 0 Å². The van der Waals surface area contributed by atoms with E-state index in [1.807, 2.05) is 13.8 Å². The Morgan fingerprint density at radius 1 is 1.19 bits per heavy atom. The second-order valence-electron chi connectivity index (χ2n) is 3.57. The number of hydrogen-bond acceptors (Lipinski definition) is 3. The Morgan fingerprint density at radius 2 is 1.81 bits per heavy atom. The lowest BCUT2D eigenvalue weighted by atomic mass is 10.0. The Hall–Kier alpha value is -1.10. The van der Waals surface area contributed by atoms with Crippen molar-refractivity contribution in [3.8, 4) is 0 Å². The van der Waals surface area contributed by atoms with Gasteiger partial charge in [0.05, 0.1) is 13.2 Å². The van der Waals surface area contributed by atoms with Gasteiger partial charge in [0.25, 0.3) is 0 Å². The highest BCUT2D eigenvalue weighted by molar-refractivity contribution is 5.85. The maximum absolute atomic E-state index is 11.5. The molecule has 0 aromatic heterocycles. The van der Waals surface area contributed by atoms with E-state index in [4.69, 9.17) is 4.74 Å². The summed E-state index contributed by atoms with van der Waals surface area (Å²) in [5.74, 6) is -0.227. The molecule has 0 aromatic carbocycles. The molecule has 2 N–H and O–H groups in total. The van der Waals surface area contributed by atoms with Crippen LogP contribution in [0.5, 0.6) is 0 Å². The van der Waals surface area contributed by atoms with Gasteiger partial charge in [0.1, 0.15) is 0 Å². The monoisotopic (exact) mass is 230 g/mol. The van der Waals surface area contributed by atoms with Crippen LogP contribution < -0.4 is 10.6 Å². The molecule has 0 saturated heterocycles. The lowest BCUT2D eigenvalue weighted by molar-refractivity contribution is -0.128. The number of carbonyl (C=O) groups is 2. The first-order valence-corrected chi connectivity index (χ1v) is 5.69. The summed E-state index contributed by atoms with van der Waals surface area (Å²) >= 11 is 0. The van der Waals surface area contributed by atoms with Crippen LogP contribution in [-0.4, -0.2) is 38.6 Å². The van der Waals surface area contributed by atoms with Crippen LogP contribution in [0.15, 0.2) is 0 Å². The molecular formula is C11H22N2O3. The molecule has 94 valence electrons. The van der Waals surface area contributed by atoms with Crippen molar-refractivity contribution in [3.63, 3.8) is 0 Å². The minimum atomic E-state index is -0.184. The second kappa shape index (κ2) is 9.15. The number of hydrogen-bond donors (Lipinski definition) is 2. The van der Waals surface area contributed by atoms with Gasteiger partial charge in [0, 0.05) is 19.6 Å². The number of amides is 2. The van der Waals surface area contributed by atoms with Gasteiger partial charge in [-0.1, -0.05) is 13.8 Å². The first-order valence-electron chi connectivity index (χ1n) is 5.69. The second-order valence-corrected chi connectivity index (χ2v) is 3.57. The van der Waals surface area contributed by atoms with E-state index in [1.54, 1.807) is 7.11 Å². The summed E-state index contributed by atoms with van der Waals surface area (Å²) in [7, 11) is 1.57. The molecular weight excluding hydrogens is 208 g/mol. The molecule has 0 spiro atoms. The molecule has 0 aliphatic heterocycles. The fourth-order valence-electron chi connectivity index (χ4n) is 1.33. The summed E-state index contributed by atoms with van der Waals surface area (Å²) in [5.41, 5.74) is 0. The predicted octanol–water partition coefficient (Wildman–Crippen LogP) is 0.301. The lowest BCUT2D eigenvalue weighted by Crippen LogP contribution is -2.40. The standard InChI is InChI=1S/C11H22N2O3/c1-4-9(5-2)11(15)13-8-10(14)12-6-7-16-3/h9H,4-8H2,1-3H3,(H,12,14)(H,13,15). The SMILES string of the molecule is CCC(CC)C(=O)NCC(=O)NCCOC. The van der Waals surface area contributed by atoms with Crippen molar-refractivity contribution < 1.29 is 14.3 Å². The molecule has 5 nitrogen and oxygen atoms in total. The first kappa shape index (κ1) is 14.9.